The first-order valence-electron chi connectivity index (χ1n) is 7.18. The summed E-state index contributed by atoms with van der Waals surface area (Å²) in [5.41, 5.74) is 5.41. The number of carbonyl (C=O) groups excluding carboxylic acids is 1. The largest absolute Gasteiger partial charge is 0.292 e. The Morgan fingerprint density at radius 3 is 2.19 bits per heavy atom. The minimum absolute atomic E-state index is 0.0530. The highest BCUT2D eigenvalue weighted by Gasteiger charge is 2.19. The molecule has 0 saturated heterocycles. The molecule has 2 aromatic rings. The van der Waals surface area contributed by atoms with Crippen molar-refractivity contribution in [3.05, 3.63) is 46.3 Å². The maximum absolute atomic E-state index is 12.4. The molecule has 0 aliphatic carbocycles. The average molecular weight is 285 g/mol. The maximum atomic E-state index is 12.4. The Hall–Kier alpha value is -1.97. The smallest absolute Gasteiger partial charge is 0.186 e. The van der Waals surface area contributed by atoms with Gasteiger partial charge in [-0.05, 0) is 41.5 Å². The Balaban J connectivity index is 2.34. The highest BCUT2D eigenvalue weighted by Crippen LogP contribution is 2.27. The molecule has 0 aliphatic rings. The number of rotatable bonds is 3. The summed E-state index contributed by atoms with van der Waals surface area (Å²) in [5.74, 6) is 0.0530. The van der Waals surface area contributed by atoms with E-state index in [-0.39, 0.29) is 11.2 Å². The molecular formula is C17H23N3O. The van der Waals surface area contributed by atoms with E-state index in [2.05, 4.69) is 57.1 Å². The summed E-state index contributed by atoms with van der Waals surface area (Å²) in [7, 11) is 1.74. The molecule has 0 fully saturated rings. The van der Waals surface area contributed by atoms with E-state index < -0.39 is 0 Å². The Morgan fingerprint density at radius 2 is 1.76 bits per heavy atom. The first-order valence-corrected chi connectivity index (χ1v) is 7.18. The summed E-state index contributed by atoms with van der Waals surface area (Å²) >= 11 is 0. The molecule has 21 heavy (non-hydrogen) atoms. The van der Waals surface area contributed by atoms with Gasteiger partial charge in [0.15, 0.2) is 5.78 Å². The zero-order valence-electron chi connectivity index (χ0n) is 13.7. The van der Waals surface area contributed by atoms with Gasteiger partial charge in [-0.15, -0.1) is 5.10 Å². The standard InChI is InChI=1S/C17H23N3O/c1-11-7-13(17(3,4)5)8-12(2)14(11)9-16(21)15-10-18-19-20(15)6/h7-8,10H,9H2,1-6H3. The first-order chi connectivity index (χ1) is 9.70. The molecule has 0 amide bonds. The number of carbonyl (C=O) groups is 1. The van der Waals surface area contributed by atoms with Crippen molar-refractivity contribution in [3.63, 3.8) is 0 Å². The van der Waals surface area contributed by atoms with Crippen LogP contribution in [0.25, 0.3) is 0 Å². The Bertz CT molecular complexity index is 655. The van der Waals surface area contributed by atoms with Gasteiger partial charge < -0.3 is 0 Å². The van der Waals surface area contributed by atoms with E-state index in [1.54, 1.807) is 7.05 Å². The number of aryl methyl sites for hydroxylation is 3. The number of aromatic nitrogens is 3. The van der Waals surface area contributed by atoms with E-state index in [1.165, 1.54) is 27.6 Å². The molecule has 0 spiro atoms. The van der Waals surface area contributed by atoms with E-state index in [1.807, 2.05) is 0 Å². The van der Waals surface area contributed by atoms with Crippen LogP contribution in [0.2, 0.25) is 0 Å². The maximum Gasteiger partial charge on any atom is 0.186 e. The third kappa shape index (κ3) is 3.20. The number of ketones is 1. The van der Waals surface area contributed by atoms with Gasteiger partial charge >= 0.3 is 0 Å². The number of hydrogen-bond acceptors (Lipinski definition) is 3. The molecule has 1 aromatic carbocycles. The van der Waals surface area contributed by atoms with Crippen LogP contribution in [0.3, 0.4) is 0 Å². The molecule has 0 N–H and O–H groups in total. The monoisotopic (exact) mass is 285 g/mol. The predicted molar refractivity (Wildman–Crippen MR) is 83.7 cm³/mol. The van der Waals surface area contributed by atoms with Crippen molar-refractivity contribution in [1.82, 2.24) is 15.0 Å². The Labute approximate surface area is 126 Å². The van der Waals surface area contributed by atoms with Gasteiger partial charge in [-0.3, -0.25) is 4.79 Å². The summed E-state index contributed by atoms with van der Waals surface area (Å²) in [6, 6.07) is 4.38. The molecule has 1 aromatic heterocycles. The fourth-order valence-corrected chi connectivity index (χ4v) is 2.50. The van der Waals surface area contributed by atoms with Gasteiger partial charge in [0.05, 0.1) is 6.20 Å². The Morgan fingerprint density at radius 1 is 1.19 bits per heavy atom. The summed E-state index contributed by atoms with van der Waals surface area (Å²) in [5, 5.41) is 7.58. The molecule has 0 radical (unpaired) electrons. The van der Waals surface area contributed by atoms with Gasteiger partial charge in [-0.25, -0.2) is 4.68 Å². The summed E-state index contributed by atoms with van der Waals surface area (Å²) < 4.78 is 1.52. The van der Waals surface area contributed by atoms with Crippen LogP contribution in [-0.2, 0) is 18.9 Å². The van der Waals surface area contributed by atoms with Gasteiger partial charge in [0.2, 0.25) is 0 Å². The lowest BCUT2D eigenvalue weighted by molar-refractivity contribution is 0.0983. The third-order valence-electron chi connectivity index (χ3n) is 3.90. The van der Waals surface area contributed by atoms with Crippen LogP contribution in [-0.4, -0.2) is 20.8 Å². The minimum atomic E-state index is 0.0530. The molecule has 2 rings (SSSR count). The molecule has 0 unspecified atom stereocenters. The molecule has 0 aliphatic heterocycles. The number of benzene rings is 1. The van der Waals surface area contributed by atoms with Gasteiger partial charge in [0.25, 0.3) is 0 Å². The van der Waals surface area contributed by atoms with Crippen molar-refractivity contribution in [2.24, 2.45) is 7.05 Å². The van der Waals surface area contributed by atoms with Gasteiger partial charge in [-0.2, -0.15) is 0 Å². The lowest BCUT2D eigenvalue weighted by atomic mass is 9.83. The zero-order valence-corrected chi connectivity index (χ0v) is 13.7. The van der Waals surface area contributed by atoms with Crippen LogP contribution in [0.5, 0.6) is 0 Å². The highest BCUT2D eigenvalue weighted by molar-refractivity contribution is 5.96. The fraction of sp³-hybridized carbons (Fsp3) is 0.471. The van der Waals surface area contributed by atoms with Crippen LogP contribution < -0.4 is 0 Å². The highest BCUT2D eigenvalue weighted by atomic mass is 16.1. The van der Waals surface area contributed by atoms with Crippen LogP contribution in [0.4, 0.5) is 0 Å². The number of Topliss-reactive ketones (excluding diaryl/α,β-unsaturated/α-hetero) is 1. The first kappa shape index (κ1) is 15.4. The number of hydrogen-bond donors (Lipinski definition) is 0. The van der Waals surface area contributed by atoms with Crippen LogP contribution >= 0.6 is 0 Å². The van der Waals surface area contributed by atoms with Crippen molar-refractivity contribution >= 4 is 5.78 Å². The fourth-order valence-electron chi connectivity index (χ4n) is 2.50. The van der Waals surface area contributed by atoms with Crippen LogP contribution in [0.1, 0.15) is 53.5 Å². The normalized spacial score (nSPS) is 11.7. The second-order valence-corrected chi connectivity index (χ2v) is 6.68. The SMILES string of the molecule is Cc1cc(C(C)(C)C)cc(C)c1CC(=O)c1cnnn1C. The second kappa shape index (κ2) is 5.43. The van der Waals surface area contributed by atoms with Crippen molar-refractivity contribution in [3.8, 4) is 0 Å². The number of nitrogens with zero attached hydrogens (tertiary/aromatic N) is 3. The van der Waals surface area contributed by atoms with Crippen LogP contribution in [0, 0.1) is 13.8 Å². The molecule has 0 bridgehead atoms. The summed E-state index contributed by atoms with van der Waals surface area (Å²) in [6.45, 7) is 10.8. The van der Waals surface area contributed by atoms with Gasteiger partial charge in [0, 0.05) is 13.5 Å². The third-order valence-corrected chi connectivity index (χ3v) is 3.90. The van der Waals surface area contributed by atoms with E-state index in [0.717, 1.165) is 5.56 Å². The summed E-state index contributed by atoms with van der Waals surface area (Å²) in [4.78, 5) is 12.4. The molecule has 112 valence electrons. The van der Waals surface area contributed by atoms with Crippen molar-refractivity contribution in [1.29, 1.82) is 0 Å². The van der Waals surface area contributed by atoms with E-state index in [0.29, 0.717) is 12.1 Å². The molecule has 1 heterocycles. The quantitative estimate of drug-likeness (QED) is 0.814. The van der Waals surface area contributed by atoms with Crippen molar-refractivity contribution in [2.45, 2.75) is 46.5 Å². The average Bonchev–Trinajstić information content (AvgIpc) is 2.78. The van der Waals surface area contributed by atoms with Crippen molar-refractivity contribution < 1.29 is 4.79 Å². The van der Waals surface area contributed by atoms with E-state index >= 15 is 0 Å². The Kier molecular flexibility index (Phi) is 3.99. The molecular weight excluding hydrogens is 262 g/mol. The lowest BCUT2D eigenvalue weighted by Gasteiger charge is -2.22. The minimum Gasteiger partial charge on any atom is -0.292 e. The van der Waals surface area contributed by atoms with Crippen molar-refractivity contribution in [2.75, 3.05) is 0 Å². The van der Waals surface area contributed by atoms with E-state index in [9.17, 15) is 4.79 Å². The molecule has 0 atom stereocenters. The topological polar surface area (TPSA) is 47.8 Å². The van der Waals surface area contributed by atoms with Crippen LogP contribution in [0.15, 0.2) is 18.3 Å². The molecule has 4 nitrogen and oxygen atoms in total. The molecule has 0 saturated carbocycles. The second-order valence-electron chi connectivity index (χ2n) is 6.68. The zero-order chi connectivity index (χ0) is 15.8. The summed E-state index contributed by atoms with van der Waals surface area (Å²) in [6.07, 6.45) is 1.92. The lowest BCUT2D eigenvalue weighted by Crippen LogP contribution is -2.15. The molecule has 4 heteroatoms. The van der Waals surface area contributed by atoms with E-state index in [4.69, 9.17) is 0 Å². The van der Waals surface area contributed by atoms with Gasteiger partial charge in [0.1, 0.15) is 5.69 Å². The van der Waals surface area contributed by atoms with Gasteiger partial charge in [-0.1, -0.05) is 38.1 Å². The predicted octanol–water partition coefficient (Wildman–Crippen LogP) is 3.15.